The van der Waals surface area contributed by atoms with Gasteiger partial charge in [0.05, 0.1) is 11.0 Å². The lowest BCUT2D eigenvalue weighted by Gasteiger charge is -2.12. The maximum Gasteiger partial charge on any atom is 0.0910 e. The molecule has 0 bridgehead atoms. The molecule has 1 aliphatic rings. The molecule has 76 valence electrons. The minimum atomic E-state index is -0.802. The molecule has 2 unspecified atom stereocenters. The standard InChI is InChI=1S/C11H15NOS/c1-14(13)12-8-7-11(9-12)10-5-3-2-4-6-10/h2-6,11H,7-9H2,1H3. The fourth-order valence-corrected chi connectivity index (χ4v) is 2.71. The molecule has 1 fully saturated rings. The van der Waals surface area contributed by atoms with E-state index in [4.69, 9.17) is 0 Å². The fourth-order valence-electron chi connectivity index (χ4n) is 1.96. The van der Waals surface area contributed by atoms with Crippen molar-refractivity contribution in [1.29, 1.82) is 0 Å². The predicted octanol–water partition coefficient (Wildman–Crippen LogP) is 1.77. The van der Waals surface area contributed by atoms with Crippen LogP contribution in [0.15, 0.2) is 30.3 Å². The number of hydrogen-bond acceptors (Lipinski definition) is 1. The van der Waals surface area contributed by atoms with Gasteiger partial charge in [-0.25, -0.2) is 8.51 Å². The topological polar surface area (TPSA) is 20.3 Å². The van der Waals surface area contributed by atoms with Crippen LogP contribution in [0.5, 0.6) is 0 Å². The molecule has 1 aliphatic heterocycles. The molecule has 14 heavy (non-hydrogen) atoms. The molecule has 0 N–H and O–H groups in total. The molecular weight excluding hydrogens is 194 g/mol. The Balaban J connectivity index is 2.06. The number of rotatable bonds is 2. The van der Waals surface area contributed by atoms with Gasteiger partial charge < -0.3 is 0 Å². The Morgan fingerprint density at radius 3 is 2.64 bits per heavy atom. The number of nitrogens with zero attached hydrogens (tertiary/aromatic N) is 1. The summed E-state index contributed by atoms with van der Waals surface area (Å²) < 4.78 is 13.3. The van der Waals surface area contributed by atoms with Gasteiger partial charge in [-0.1, -0.05) is 30.3 Å². The maximum absolute atomic E-state index is 11.3. The molecule has 0 radical (unpaired) electrons. The van der Waals surface area contributed by atoms with Gasteiger partial charge in [-0.15, -0.1) is 0 Å². The van der Waals surface area contributed by atoms with Gasteiger partial charge in [0.25, 0.3) is 0 Å². The number of benzene rings is 1. The molecule has 0 aliphatic carbocycles. The van der Waals surface area contributed by atoms with Gasteiger partial charge in [0.2, 0.25) is 0 Å². The van der Waals surface area contributed by atoms with Crippen LogP contribution in [0.2, 0.25) is 0 Å². The largest absolute Gasteiger partial charge is 0.243 e. The lowest BCUT2D eigenvalue weighted by atomic mass is 9.99. The van der Waals surface area contributed by atoms with Crippen molar-refractivity contribution < 1.29 is 4.21 Å². The zero-order valence-electron chi connectivity index (χ0n) is 8.35. The van der Waals surface area contributed by atoms with Crippen molar-refractivity contribution in [2.24, 2.45) is 0 Å². The summed E-state index contributed by atoms with van der Waals surface area (Å²) in [5.74, 6) is 0.570. The van der Waals surface area contributed by atoms with Gasteiger partial charge in [0, 0.05) is 19.3 Å². The van der Waals surface area contributed by atoms with Gasteiger partial charge in [-0.3, -0.25) is 0 Å². The van der Waals surface area contributed by atoms with Crippen LogP contribution in [-0.4, -0.2) is 27.9 Å². The SMILES string of the molecule is CS(=O)N1CCC(c2ccccc2)C1. The van der Waals surface area contributed by atoms with E-state index >= 15 is 0 Å². The van der Waals surface area contributed by atoms with Crippen molar-refractivity contribution in [3.8, 4) is 0 Å². The minimum Gasteiger partial charge on any atom is -0.243 e. The molecule has 0 aromatic heterocycles. The Bertz CT molecular complexity index is 325. The summed E-state index contributed by atoms with van der Waals surface area (Å²) in [6.07, 6.45) is 2.89. The fraction of sp³-hybridized carbons (Fsp3) is 0.455. The molecule has 2 rings (SSSR count). The van der Waals surface area contributed by atoms with E-state index in [1.807, 2.05) is 10.4 Å². The highest BCUT2D eigenvalue weighted by atomic mass is 32.2. The molecule has 0 saturated carbocycles. The Morgan fingerprint density at radius 1 is 1.36 bits per heavy atom. The first kappa shape index (κ1) is 9.87. The van der Waals surface area contributed by atoms with Crippen LogP contribution in [0.25, 0.3) is 0 Å². The normalized spacial score (nSPS) is 25.1. The van der Waals surface area contributed by atoms with Gasteiger partial charge in [-0.05, 0) is 17.9 Å². The summed E-state index contributed by atoms with van der Waals surface area (Å²) in [6, 6.07) is 10.5. The van der Waals surface area contributed by atoms with Gasteiger partial charge in [-0.2, -0.15) is 0 Å². The molecule has 1 heterocycles. The zero-order valence-corrected chi connectivity index (χ0v) is 9.17. The van der Waals surface area contributed by atoms with Crippen molar-refractivity contribution in [2.75, 3.05) is 19.3 Å². The molecule has 0 spiro atoms. The zero-order chi connectivity index (χ0) is 9.97. The Labute approximate surface area is 87.5 Å². The van der Waals surface area contributed by atoms with E-state index in [0.717, 1.165) is 19.5 Å². The highest BCUT2D eigenvalue weighted by molar-refractivity contribution is 7.81. The van der Waals surface area contributed by atoms with E-state index in [0.29, 0.717) is 5.92 Å². The van der Waals surface area contributed by atoms with E-state index < -0.39 is 11.0 Å². The van der Waals surface area contributed by atoms with E-state index in [1.165, 1.54) is 5.56 Å². The van der Waals surface area contributed by atoms with Gasteiger partial charge >= 0.3 is 0 Å². The van der Waals surface area contributed by atoms with Crippen LogP contribution in [-0.2, 0) is 11.0 Å². The Morgan fingerprint density at radius 2 is 2.07 bits per heavy atom. The van der Waals surface area contributed by atoms with Gasteiger partial charge in [0.1, 0.15) is 0 Å². The van der Waals surface area contributed by atoms with Crippen LogP contribution in [0.3, 0.4) is 0 Å². The molecule has 2 atom stereocenters. The van der Waals surface area contributed by atoms with Crippen molar-refractivity contribution in [3.63, 3.8) is 0 Å². The smallest absolute Gasteiger partial charge is 0.0910 e. The van der Waals surface area contributed by atoms with Crippen LogP contribution >= 0.6 is 0 Å². The van der Waals surface area contributed by atoms with Crippen molar-refractivity contribution in [3.05, 3.63) is 35.9 Å². The number of hydrogen-bond donors (Lipinski definition) is 0. The van der Waals surface area contributed by atoms with Crippen LogP contribution in [0, 0.1) is 0 Å². The third kappa shape index (κ3) is 2.04. The minimum absolute atomic E-state index is 0.570. The second kappa shape index (κ2) is 4.24. The van der Waals surface area contributed by atoms with Crippen molar-refractivity contribution in [2.45, 2.75) is 12.3 Å². The molecule has 1 aromatic carbocycles. The molecule has 0 amide bonds. The second-order valence-electron chi connectivity index (χ2n) is 3.71. The summed E-state index contributed by atoms with van der Waals surface area (Å²) in [7, 11) is -0.802. The molecule has 1 saturated heterocycles. The molecule has 2 nitrogen and oxygen atoms in total. The monoisotopic (exact) mass is 209 g/mol. The predicted molar refractivity (Wildman–Crippen MR) is 59.4 cm³/mol. The van der Waals surface area contributed by atoms with Crippen LogP contribution < -0.4 is 0 Å². The van der Waals surface area contributed by atoms with E-state index in [-0.39, 0.29) is 0 Å². The quantitative estimate of drug-likeness (QED) is 0.727. The summed E-state index contributed by atoms with van der Waals surface area (Å²) in [6.45, 7) is 1.90. The van der Waals surface area contributed by atoms with Crippen molar-refractivity contribution >= 4 is 11.0 Å². The third-order valence-electron chi connectivity index (χ3n) is 2.79. The lowest BCUT2D eigenvalue weighted by Crippen LogP contribution is -2.21. The Kier molecular flexibility index (Phi) is 2.99. The second-order valence-corrected chi connectivity index (χ2v) is 5.07. The average molecular weight is 209 g/mol. The highest BCUT2D eigenvalue weighted by Crippen LogP contribution is 2.27. The lowest BCUT2D eigenvalue weighted by molar-refractivity contribution is 0.532. The molecular formula is C11H15NOS. The van der Waals surface area contributed by atoms with E-state index in [1.54, 1.807) is 6.26 Å². The van der Waals surface area contributed by atoms with Crippen LogP contribution in [0.1, 0.15) is 17.9 Å². The van der Waals surface area contributed by atoms with E-state index in [2.05, 4.69) is 24.3 Å². The average Bonchev–Trinajstić information content (AvgIpc) is 2.68. The highest BCUT2D eigenvalue weighted by Gasteiger charge is 2.25. The first-order valence-corrected chi connectivity index (χ1v) is 6.42. The Hall–Kier alpha value is -0.670. The maximum atomic E-state index is 11.3. The molecule has 1 aromatic rings. The first-order chi connectivity index (χ1) is 6.77. The summed E-state index contributed by atoms with van der Waals surface area (Å²) >= 11 is 0. The molecule has 3 heteroatoms. The summed E-state index contributed by atoms with van der Waals surface area (Å²) in [5.41, 5.74) is 1.38. The van der Waals surface area contributed by atoms with Crippen LogP contribution in [0.4, 0.5) is 0 Å². The van der Waals surface area contributed by atoms with Crippen molar-refractivity contribution in [1.82, 2.24) is 4.31 Å². The third-order valence-corrected chi connectivity index (χ3v) is 3.84. The summed E-state index contributed by atoms with van der Waals surface area (Å²) in [5, 5.41) is 0. The van der Waals surface area contributed by atoms with E-state index in [9.17, 15) is 4.21 Å². The van der Waals surface area contributed by atoms with Gasteiger partial charge in [0.15, 0.2) is 0 Å². The summed E-state index contributed by atoms with van der Waals surface area (Å²) in [4.78, 5) is 0. The first-order valence-electron chi connectivity index (χ1n) is 4.91.